The van der Waals surface area contributed by atoms with Gasteiger partial charge in [0.1, 0.15) is 11.0 Å². The van der Waals surface area contributed by atoms with Crippen LogP contribution in [0.3, 0.4) is 0 Å². The number of anilines is 1. The van der Waals surface area contributed by atoms with Crippen molar-refractivity contribution in [1.82, 2.24) is 0 Å². The number of hydrogen-bond acceptors (Lipinski definition) is 5. The number of nitrogens with zero attached hydrogens (tertiary/aromatic N) is 1. The molecule has 166 valence electrons. The third kappa shape index (κ3) is 3.30. The minimum absolute atomic E-state index is 0.188. The van der Waals surface area contributed by atoms with Gasteiger partial charge in [-0.25, -0.2) is 14.5 Å². The van der Waals surface area contributed by atoms with Crippen molar-refractivity contribution in [2.75, 3.05) is 11.5 Å². The molecule has 2 amide bonds. The number of hydrogen-bond donors (Lipinski definition) is 0. The largest absolute Gasteiger partial charge is 0.463 e. The zero-order chi connectivity index (χ0) is 23.1. The Morgan fingerprint density at radius 2 is 1.72 bits per heavy atom. The van der Waals surface area contributed by atoms with E-state index in [-0.39, 0.29) is 18.1 Å². The molecule has 0 unspecified atom stereocenters. The quantitative estimate of drug-likeness (QED) is 0.645. The van der Waals surface area contributed by atoms with E-state index in [1.165, 1.54) is 0 Å². The summed E-state index contributed by atoms with van der Waals surface area (Å²) in [5, 5.41) is 0. The number of imide groups is 1. The molecule has 0 fully saturated rings. The summed E-state index contributed by atoms with van der Waals surface area (Å²) in [6.45, 7) is 7.16. The maximum absolute atomic E-state index is 14.2. The Bertz CT molecular complexity index is 1100. The van der Waals surface area contributed by atoms with E-state index < -0.39 is 29.0 Å². The van der Waals surface area contributed by atoms with E-state index in [4.69, 9.17) is 9.47 Å². The van der Waals surface area contributed by atoms with Crippen LogP contribution in [0, 0.1) is 0 Å². The smallest absolute Gasteiger partial charge is 0.421 e. The van der Waals surface area contributed by atoms with E-state index in [9.17, 15) is 14.4 Å². The van der Waals surface area contributed by atoms with Gasteiger partial charge in [-0.1, -0.05) is 54.6 Å². The van der Waals surface area contributed by atoms with Crippen molar-refractivity contribution in [3.63, 3.8) is 0 Å². The molecule has 2 aliphatic rings. The average Bonchev–Trinajstić information content (AvgIpc) is 3.26. The van der Waals surface area contributed by atoms with Gasteiger partial charge in [0.2, 0.25) is 0 Å². The van der Waals surface area contributed by atoms with Gasteiger partial charge in [-0.05, 0) is 51.3 Å². The SMILES string of the molecule is CCOC(=O)C1=CC[C@H](c2ccccc2)[C@@]12C(=O)N(C(=O)OC(C)(C)C)c1ccccc12. The van der Waals surface area contributed by atoms with Crippen LogP contribution >= 0.6 is 0 Å². The summed E-state index contributed by atoms with van der Waals surface area (Å²) >= 11 is 0. The molecule has 6 heteroatoms. The first-order chi connectivity index (χ1) is 15.2. The summed E-state index contributed by atoms with van der Waals surface area (Å²) in [5.41, 5.74) is 0.0950. The van der Waals surface area contributed by atoms with E-state index in [1.807, 2.05) is 42.5 Å². The number of rotatable bonds is 3. The van der Waals surface area contributed by atoms with Crippen molar-refractivity contribution in [3.05, 3.63) is 77.4 Å². The second-order valence-corrected chi connectivity index (χ2v) is 8.98. The lowest BCUT2D eigenvalue weighted by Crippen LogP contribution is -2.48. The van der Waals surface area contributed by atoms with E-state index in [2.05, 4.69) is 0 Å². The maximum atomic E-state index is 14.2. The van der Waals surface area contributed by atoms with Crippen molar-refractivity contribution in [1.29, 1.82) is 0 Å². The van der Waals surface area contributed by atoms with Gasteiger partial charge in [0.05, 0.1) is 17.9 Å². The molecule has 6 nitrogen and oxygen atoms in total. The topological polar surface area (TPSA) is 72.9 Å². The highest BCUT2D eigenvalue weighted by Crippen LogP contribution is 2.58. The van der Waals surface area contributed by atoms with E-state index in [0.29, 0.717) is 17.7 Å². The summed E-state index contributed by atoms with van der Waals surface area (Å²) in [5.74, 6) is -1.39. The van der Waals surface area contributed by atoms with Crippen molar-refractivity contribution in [2.45, 2.75) is 51.0 Å². The lowest BCUT2D eigenvalue weighted by molar-refractivity contribution is -0.140. The second-order valence-electron chi connectivity index (χ2n) is 8.98. The number of fused-ring (bicyclic) bond motifs is 2. The number of para-hydroxylation sites is 1. The molecule has 1 aliphatic heterocycles. The molecule has 0 saturated heterocycles. The fourth-order valence-electron chi connectivity index (χ4n) is 4.77. The summed E-state index contributed by atoms with van der Waals surface area (Å²) < 4.78 is 10.9. The lowest BCUT2D eigenvalue weighted by atomic mass is 9.67. The Morgan fingerprint density at radius 1 is 1.06 bits per heavy atom. The van der Waals surface area contributed by atoms with Crippen LogP contribution in [0.4, 0.5) is 10.5 Å². The van der Waals surface area contributed by atoms with Crippen LogP contribution in [0.2, 0.25) is 0 Å². The fraction of sp³-hybridized carbons (Fsp3) is 0.346. The third-order valence-electron chi connectivity index (χ3n) is 5.89. The van der Waals surface area contributed by atoms with Gasteiger partial charge in [0, 0.05) is 5.92 Å². The molecule has 2 aromatic rings. The molecule has 0 saturated carbocycles. The predicted octanol–water partition coefficient (Wildman–Crippen LogP) is 4.88. The van der Waals surface area contributed by atoms with Crippen LogP contribution in [0.5, 0.6) is 0 Å². The second kappa shape index (κ2) is 7.93. The van der Waals surface area contributed by atoms with Crippen LogP contribution < -0.4 is 4.90 Å². The number of amides is 2. The molecule has 0 radical (unpaired) electrons. The Labute approximate surface area is 187 Å². The first-order valence-corrected chi connectivity index (χ1v) is 10.8. The summed E-state index contributed by atoms with van der Waals surface area (Å²) in [7, 11) is 0. The molecule has 2 atom stereocenters. The molecule has 1 aliphatic carbocycles. The van der Waals surface area contributed by atoms with Crippen LogP contribution in [0.25, 0.3) is 0 Å². The van der Waals surface area contributed by atoms with E-state index >= 15 is 0 Å². The first-order valence-electron chi connectivity index (χ1n) is 10.8. The van der Waals surface area contributed by atoms with Gasteiger partial charge in [-0.2, -0.15) is 0 Å². The number of allylic oxidation sites excluding steroid dienone is 1. The predicted molar refractivity (Wildman–Crippen MR) is 120 cm³/mol. The standard InChI is InChI=1S/C26H27NO5/c1-5-31-22(28)20-16-15-18(17-11-7-6-8-12-17)26(20)19-13-9-10-14-21(19)27(23(26)29)24(30)32-25(2,3)4/h6-14,16,18H,5,15H2,1-4H3/t18-,26+/m1/s1. The molecule has 2 aromatic carbocycles. The van der Waals surface area contributed by atoms with Gasteiger partial charge < -0.3 is 9.47 Å². The summed E-state index contributed by atoms with van der Waals surface area (Å²) in [4.78, 5) is 41.5. The van der Waals surface area contributed by atoms with Crippen LogP contribution in [0.15, 0.2) is 66.2 Å². The fourth-order valence-corrected chi connectivity index (χ4v) is 4.77. The van der Waals surface area contributed by atoms with Crippen molar-refractivity contribution in [2.24, 2.45) is 0 Å². The molecule has 0 aromatic heterocycles. The molecule has 4 rings (SSSR count). The van der Waals surface area contributed by atoms with Gasteiger partial charge in [0.15, 0.2) is 0 Å². The molecule has 1 spiro atoms. The zero-order valence-corrected chi connectivity index (χ0v) is 18.8. The molecular weight excluding hydrogens is 406 g/mol. The Hall–Kier alpha value is -3.41. The molecule has 0 bridgehead atoms. The van der Waals surface area contributed by atoms with Crippen LogP contribution in [0.1, 0.15) is 51.2 Å². The third-order valence-corrected chi connectivity index (χ3v) is 5.89. The van der Waals surface area contributed by atoms with Gasteiger partial charge in [-0.15, -0.1) is 0 Å². The Balaban J connectivity index is 1.93. The highest BCUT2D eigenvalue weighted by Gasteiger charge is 2.63. The molecule has 1 heterocycles. The van der Waals surface area contributed by atoms with Gasteiger partial charge in [0.25, 0.3) is 5.91 Å². The van der Waals surface area contributed by atoms with Crippen molar-refractivity contribution >= 4 is 23.7 Å². The Kier molecular flexibility index (Phi) is 5.41. The maximum Gasteiger partial charge on any atom is 0.421 e. The van der Waals surface area contributed by atoms with E-state index in [1.54, 1.807) is 45.9 Å². The monoisotopic (exact) mass is 433 g/mol. The number of carbonyl (C=O) groups is 3. The number of esters is 1. The van der Waals surface area contributed by atoms with Crippen LogP contribution in [-0.2, 0) is 24.5 Å². The number of benzene rings is 2. The van der Waals surface area contributed by atoms with E-state index in [0.717, 1.165) is 10.5 Å². The molecule has 32 heavy (non-hydrogen) atoms. The first kappa shape index (κ1) is 21.8. The van der Waals surface area contributed by atoms with Gasteiger partial charge >= 0.3 is 12.1 Å². The van der Waals surface area contributed by atoms with Crippen molar-refractivity contribution in [3.8, 4) is 0 Å². The van der Waals surface area contributed by atoms with Gasteiger partial charge in [-0.3, -0.25) is 4.79 Å². The van der Waals surface area contributed by atoms with Crippen molar-refractivity contribution < 1.29 is 23.9 Å². The highest BCUT2D eigenvalue weighted by molar-refractivity contribution is 6.25. The zero-order valence-electron chi connectivity index (χ0n) is 18.8. The minimum atomic E-state index is -1.36. The summed E-state index contributed by atoms with van der Waals surface area (Å²) in [6.07, 6.45) is 1.50. The van der Waals surface area contributed by atoms with Crippen LogP contribution in [-0.4, -0.2) is 30.2 Å². The normalized spacial score (nSPS) is 22.0. The molecular formula is C26H27NO5. The number of ether oxygens (including phenoxy) is 2. The Morgan fingerprint density at radius 3 is 2.38 bits per heavy atom. The minimum Gasteiger partial charge on any atom is -0.463 e. The number of carbonyl (C=O) groups excluding carboxylic acids is 3. The average molecular weight is 434 g/mol. The highest BCUT2D eigenvalue weighted by atomic mass is 16.6. The lowest BCUT2D eigenvalue weighted by Gasteiger charge is -2.33. The summed E-state index contributed by atoms with van der Waals surface area (Å²) in [6, 6.07) is 16.7. The molecule has 0 N–H and O–H groups in total.